The first-order valence-electron chi connectivity index (χ1n) is 10.9. The van der Waals surface area contributed by atoms with Crippen molar-refractivity contribution in [2.24, 2.45) is 5.14 Å². The Morgan fingerprint density at radius 3 is 2.88 bits per heavy atom. The summed E-state index contributed by atoms with van der Waals surface area (Å²) < 4.78 is 25.5. The number of hydrogen-bond donors (Lipinski definition) is 2. The van der Waals surface area contributed by atoms with Crippen LogP contribution in [0.2, 0.25) is 0 Å². The number of nitrogens with one attached hydrogen (secondary N) is 1. The lowest BCUT2D eigenvalue weighted by Gasteiger charge is -2.26. The summed E-state index contributed by atoms with van der Waals surface area (Å²) in [6.45, 7) is 2.86. The SMILES string of the molecule is CCCCn1c(SCC(=O)NC2CCCc3ccccc32)nc2cc(S(N)(=O)=O)ccc21. The van der Waals surface area contributed by atoms with Crippen LogP contribution in [0.3, 0.4) is 0 Å². The zero-order valence-electron chi connectivity index (χ0n) is 18.1. The van der Waals surface area contributed by atoms with Gasteiger partial charge in [-0.05, 0) is 55.0 Å². The number of nitrogens with two attached hydrogens (primary N) is 1. The van der Waals surface area contributed by atoms with E-state index in [1.54, 1.807) is 6.07 Å². The molecule has 0 saturated carbocycles. The molecular weight excluding hydrogens is 444 g/mol. The smallest absolute Gasteiger partial charge is 0.238 e. The number of hydrogen-bond acceptors (Lipinski definition) is 5. The zero-order chi connectivity index (χ0) is 22.7. The van der Waals surface area contributed by atoms with Crippen LogP contribution < -0.4 is 10.5 Å². The van der Waals surface area contributed by atoms with Crippen molar-refractivity contribution in [3.8, 4) is 0 Å². The molecule has 1 heterocycles. The van der Waals surface area contributed by atoms with E-state index >= 15 is 0 Å². The van der Waals surface area contributed by atoms with Gasteiger partial charge in [-0.1, -0.05) is 49.4 Å². The average Bonchev–Trinajstić information content (AvgIpc) is 3.12. The van der Waals surface area contributed by atoms with E-state index in [4.69, 9.17) is 5.14 Å². The summed E-state index contributed by atoms with van der Waals surface area (Å²) >= 11 is 1.37. The van der Waals surface area contributed by atoms with Crippen molar-refractivity contribution >= 4 is 38.7 Å². The van der Waals surface area contributed by atoms with Gasteiger partial charge in [-0.2, -0.15) is 0 Å². The second-order valence-electron chi connectivity index (χ2n) is 8.09. The Morgan fingerprint density at radius 1 is 1.28 bits per heavy atom. The van der Waals surface area contributed by atoms with Crippen LogP contribution in [0.15, 0.2) is 52.5 Å². The maximum Gasteiger partial charge on any atom is 0.238 e. The molecule has 0 fully saturated rings. The molecule has 1 amide bonds. The predicted molar refractivity (Wildman–Crippen MR) is 127 cm³/mol. The van der Waals surface area contributed by atoms with Gasteiger partial charge in [-0.15, -0.1) is 0 Å². The lowest BCUT2D eigenvalue weighted by atomic mass is 9.88. The summed E-state index contributed by atoms with van der Waals surface area (Å²) in [5, 5.41) is 9.16. The lowest BCUT2D eigenvalue weighted by molar-refractivity contribution is -0.119. The average molecular weight is 473 g/mol. The molecule has 3 aromatic rings. The van der Waals surface area contributed by atoms with Gasteiger partial charge in [0, 0.05) is 6.54 Å². The Balaban J connectivity index is 1.51. The normalized spacial score (nSPS) is 16.1. The molecule has 2 aromatic carbocycles. The Hall–Kier alpha value is -2.36. The van der Waals surface area contributed by atoms with Crippen LogP contribution in [0.5, 0.6) is 0 Å². The predicted octanol–water partition coefficient (Wildman–Crippen LogP) is 3.77. The maximum absolute atomic E-state index is 12.8. The number of carbonyl (C=O) groups excluding carboxylic acids is 1. The summed E-state index contributed by atoms with van der Waals surface area (Å²) in [7, 11) is -3.80. The van der Waals surface area contributed by atoms with E-state index in [9.17, 15) is 13.2 Å². The molecule has 3 N–H and O–H groups in total. The van der Waals surface area contributed by atoms with E-state index in [-0.39, 0.29) is 22.6 Å². The molecule has 0 spiro atoms. The molecule has 1 aliphatic carbocycles. The number of imidazole rings is 1. The van der Waals surface area contributed by atoms with Gasteiger partial charge in [0.25, 0.3) is 0 Å². The van der Waals surface area contributed by atoms with Gasteiger partial charge in [0.15, 0.2) is 5.16 Å². The van der Waals surface area contributed by atoms with Crippen LogP contribution >= 0.6 is 11.8 Å². The van der Waals surface area contributed by atoms with E-state index < -0.39 is 10.0 Å². The van der Waals surface area contributed by atoms with Crippen molar-refractivity contribution in [3.63, 3.8) is 0 Å². The number of thioether (sulfide) groups is 1. The quantitative estimate of drug-likeness (QED) is 0.485. The molecule has 0 radical (unpaired) electrons. The Bertz CT molecular complexity index is 1240. The second-order valence-corrected chi connectivity index (χ2v) is 10.6. The number of aryl methyl sites for hydroxylation is 2. The van der Waals surface area contributed by atoms with E-state index in [2.05, 4.69) is 33.9 Å². The standard InChI is InChI=1S/C23H28N4O3S2/c1-2-3-13-27-21-12-11-17(32(24,29)30)14-20(21)26-23(27)31-15-22(28)25-19-10-6-8-16-7-4-5-9-18(16)19/h4-5,7,9,11-12,14,19H,2-3,6,8,10,13,15H2,1H3,(H,25,28)(H2,24,29,30). The molecule has 32 heavy (non-hydrogen) atoms. The maximum atomic E-state index is 12.8. The van der Waals surface area contributed by atoms with Crippen LogP contribution in [0.25, 0.3) is 11.0 Å². The van der Waals surface area contributed by atoms with Gasteiger partial charge < -0.3 is 9.88 Å². The number of benzene rings is 2. The van der Waals surface area contributed by atoms with Crippen LogP contribution in [0, 0.1) is 0 Å². The van der Waals surface area contributed by atoms with Crippen LogP contribution in [-0.4, -0.2) is 29.6 Å². The minimum atomic E-state index is -3.80. The minimum absolute atomic E-state index is 0.0315. The fraction of sp³-hybridized carbons (Fsp3) is 0.391. The fourth-order valence-corrected chi connectivity index (χ4v) is 5.56. The number of amides is 1. The van der Waals surface area contributed by atoms with Gasteiger partial charge in [-0.25, -0.2) is 18.5 Å². The molecule has 1 atom stereocenters. The van der Waals surface area contributed by atoms with E-state index in [1.165, 1.54) is 35.0 Å². The van der Waals surface area contributed by atoms with E-state index in [0.29, 0.717) is 10.7 Å². The van der Waals surface area contributed by atoms with Gasteiger partial charge >= 0.3 is 0 Å². The number of unbranched alkanes of at least 4 members (excludes halogenated alkanes) is 1. The van der Waals surface area contributed by atoms with Gasteiger partial charge in [0.1, 0.15) is 0 Å². The highest BCUT2D eigenvalue weighted by Gasteiger charge is 2.22. The van der Waals surface area contributed by atoms with Crippen LogP contribution in [-0.2, 0) is 27.8 Å². The molecule has 1 aliphatic rings. The van der Waals surface area contributed by atoms with E-state index in [1.807, 2.05) is 12.1 Å². The summed E-state index contributed by atoms with van der Waals surface area (Å²) in [6, 6.07) is 13.1. The van der Waals surface area contributed by atoms with Gasteiger partial charge in [-0.3, -0.25) is 4.79 Å². The number of rotatable bonds is 8. The fourth-order valence-electron chi connectivity index (χ4n) is 4.18. The van der Waals surface area contributed by atoms with Crippen molar-refractivity contribution < 1.29 is 13.2 Å². The Morgan fingerprint density at radius 2 is 2.09 bits per heavy atom. The highest BCUT2D eigenvalue weighted by atomic mass is 32.2. The van der Waals surface area contributed by atoms with Crippen molar-refractivity contribution in [3.05, 3.63) is 53.6 Å². The topological polar surface area (TPSA) is 107 Å². The first-order valence-corrected chi connectivity index (χ1v) is 13.4. The van der Waals surface area contributed by atoms with E-state index in [0.717, 1.165) is 44.2 Å². The minimum Gasteiger partial charge on any atom is -0.349 e. The van der Waals surface area contributed by atoms with Gasteiger partial charge in [0.2, 0.25) is 15.9 Å². The molecule has 1 unspecified atom stereocenters. The number of nitrogens with zero attached hydrogens (tertiary/aromatic N) is 2. The number of sulfonamides is 1. The highest BCUT2D eigenvalue weighted by Crippen LogP contribution is 2.30. The Kier molecular flexibility index (Phi) is 6.88. The number of fused-ring (bicyclic) bond motifs is 2. The monoisotopic (exact) mass is 472 g/mol. The first kappa shape index (κ1) is 22.8. The summed E-state index contributed by atoms with van der Waals surface area (Å²) in [5.74, 6) is 0.215. The van der Waals surface area contributed by atoms with Gasteiger partial charge in [0.05, 0.1) is 27.7 Å². The highest BCUT2D eigenvalue weighted by molar-refractivity contribution is 7.99. The number of carbonyl (C=O) groups is 1. The molecular formula is C23H28N4O3S2. The van der Waals surface area contributed by atoms with Crippen LogP contribution in [0.4, 0.5) is 0 Å². The molecule has 9 heteroatoms. The van der Waals surface area contributed by atoms with Crippen molar-refractivity contribution in [1.82, 2.24) is 14.9 Å². The van der Waals surface area contributed by atoms with Crippen molar-refractivity contribution in [2.45, 2.75) is 61.7 Å². The summed E-state index contributed by atoms with van der Waals surface area (Å²) in [5.41, 5.74) is 3.93. The number of primary sulfonamides is 1. The third-order valence-corrected chi connectivity index (χ3v) is 7.67. The molecule has 170 valence electrons. The molecule has 4 rings (SSSR count). The molecule has 0 aliphatic heterocycles. The zero-order valence-corrected chi connectivity index (χ0v) is 19.7. The summed E-state index contributed by atoms with van der Waals surface area (Å²) in [4.78, 5) is 17.4. The van der Waals surface area contributed by atoms with Crippen LogP contribution in [0.1, 0.15) is 49.8 Å². The summed E-state index contributed by atoms with van der Waals surface area (Å²) in [6.07, 6.45) is 5.04. The Labute approximate surface area is 192 Å². The second kappa shape index (κ2) is 9.64. The lowest BCUT2D eigenvalue weighted by Crippen LogP contribution is -2.32. The molecule has 0 saturated heterocycles. The largest absolute Gasteiger partial charge is 0.349 e. The third-order valence-electron chi connectivity index (χ3n) is 5.79. The molecule has 0 bridgehead atoms. The number of aromatic nitrogens is 2. The van der Waals surface area contributed by atoms with Crippen molar-refractivity contribution in [2.75, 3.05) is 5.75 Å². The van der Waals surface area contributed by atoms with Crippen molar-refractivity contribution in [1.29, 1.82) is 0 Å². The third kappa shape index (κ3) is 5.00. The first-order chi connectivity index (χ1) is 15.4. The molecule has 7 nitrogen and oxygen atoms in total. The molecule has 1 aromatic heterocycles.